The molecule has 1 aliphatic rings. The minimum absolute atomic E-state index is 0.0625. The first kappa shape index (κ1) is 13.3. The molecule has 6 heteroatoms. The minimum atomic E-state index is -0.540. The van der Waals surface area contributed by atoms with E-state index >= 15 is 0 Å². The van der Waals surface area contributed by atoms with Gasteiger partial charge in [0.25, 0.3) is 11.5 Å². The number of nitrogens with one attached hydrogen (secondary N) is 1. The molecular weight excluding hydrogens is 294 g/mol. The average molecular weight is 305 g/mol. The van der Waals surface area contributed by atoms with Crippen LogP contribution in [0, 0.1) is 0 Å². The number of fused-ring (bicyclic) bond motifs is 1. The SMILES string of the molecule is O=C1N=c2ccccc2=C1c1c(O)n(-c2ccccc2)[nH]c1=O. The Morgan fingerprint density at radius 2 is 1.65 bits per heavy atom. The normalized spacial score (nSPS) is 13.0. The van der Waals surface area contributed by atoms with Gasteiger partial charge in [-0.2, -0.15) is 0 Å². The van der Waals surface area contributed by atoms with Crippen molar-refractivity contribution in [2.45, 2.75) is 0 Å². The van der Waals surface area contributed by atoms with Gasteiger partial charge < -0.3 is 5.11 Å². The molecule has 2 aromatic carbocycles. The van der Waals surface area contributed by atoms with Crippen molar-refractivity contribution >= 4 is 11.5 Å². The van der Waals surface area contributed by atoms with Crippen molar-refractivity contribution in [2.24, 2.45) is 4.99 Å². The highest BCUT2D eigenvalue weighted by molar-refractivity contribution is 6.21. The second-order valence-electron chi connectivity index (χ2n) is 5.12. The lowest BCUT2D eigenvalue weighted by Crippen LogP contribution is -2.24. The number of benzene rings is 2. The van der Waals surface area contributed by atoms with Gasteiger partial charge in [-0.15, -0.1) is 0 Å². The highest BCUT2D eigenvalue weighted by Crippen LogP contribution is 2.24. The zero-order valence-electron chi connectivity index (χ0n) is 11.9. The maximum absolute atomic E-state index is 12.3. The number of aromatic amines is 1. The number of para-hydroxylation sites is 2. The first-order valence-corrected chi connectivity index (χ1v) is 6.99. The molecule has 0 saturated heterocycles. The van der Waals surface area contributed by atoms with Gasteiger partial charge in [-0.25, -0.2) is 9.67 Å². The Morgan fingerprint density at radius 3 is 2.43 bits per heavy atom. The molecule has 4 rings (SSSR count). The molecule has 0 saturated carbocycles. The first-order chi connectivity index (χ1) is 11.2. The van der Waals surface area contributed by atoms with E-state index in [0.717, 1.165) is 0 Å². The predicted octanol–water partition coefficient (Wildman–Crippen LogP) is 0.230. The number of aromatic hydroxyl groups is 1. The number of rotatable bonds is 2. The lowest BCUT2D eigenvalue weighted by atomic mass is 10.1. The Bertz CT molecular complexity index is 1110. The van der Waals surface area contributed by atoms with Crippen LogP contribution in [0.5, 0.6) is 5.88 Å². The summed E-state index contributed by atoms with van der Waals surface area (Å²) in [5, 5.41) is 14.1. The topological polar surface area (TPSA) is 87.4 Å². The van der Waals surface area contributed by atoms with Crippen LogP contribution in [0.15, 0.2) is 64.4 Å². The molecule has 0 fully saturated rings. The van der Waals surface area contributed by atoms with E-state index in [-0.39, 0.29) is 17.0 Å². The molecule has 2 heterocycles. The third-order valence-corrected chi connectivity index (χ3v) is 3.75. The fourth-order valence-electron chi connectivity index (χ4n) is 2.72. The summed E-state index contributed by atoms with van der Waals surface area (Å²) in [6.45, 7) is 0. The third-order valence-electron chi connectivity index (χ3n) is 3.75. The number of hydrogen-bond donors (Lipinski definition) is 2. The van der Waals surface area contributed by atoms with Crippen molar-refractivity contribution in [3.63, 3.8) is 0 Å². The second kappa shape index (κ2) is 4.81. The zero-order valence-corrected chi connectivity index (χ0v) is 11.9. The lowest BCUT2D eigenvalue weighted by molar-refractivity contribution is -0.112. The molecule has 0 radical (unpaired) electrons. The van der Waals surface area contributed by atoms with Gasteiger partial charge in [-0.1, -0.05) is 36.4 Å². The second-order valence-corrected chi connectivity index (χ2v) is 5.12. The molecule has 3 aromatic rings. The van der Waals surface area contributed by atoms with Crippen LogP contribution in [0.25, 0.3) is 11.3 Å². The summed E-state index contributed by atoms with van der Waals surface area (Å²) in [5.41, 5.74) is 0.104. The Kier molecular flexibility index (Phi) is 2.77. The maximum Gasteiger partial charge on any atom is 0.279 e. The van der Waals surface area contributed by atoms with Crippen molar-refractivity contribution in [3.05, 3.63) is 81.1 Å². The summed E-state index contributed by atoms with van der Waals surface area (Å²) in [7, 11) is 0. The summed E-state index contributed by atoms with van der Waals surface area (Å²) >= 11 is 0. The van der Waals surface area contributed by atoms with E-state index in [1.807, 2.05) is 6.07 Å². The maximum atomic E-state index is 12.3. The molecule has 0 aliphatic carbocycles. The number of carbonyl (C=O) groups excluding carboxylic acids is 1. The number of amides is 1. The molecule has 23 heavy (non-hydrogen) atoms. The van der Waals surface area contributed by atoms with E-state index in [9.17, 15) is 14.7 Å². The van der Waals surface area contributed by atoms with Crippen molar-refractivity contribution < 1.29 is 9.90 Å². The van der Waals surface area contributed by atoms with Gasteiger partial charge in [0.05, 0.1) is 16.6 Å². The van der Waals surface area contributed by atoms with Crippen LogP contribution in [0.3, 0.4) is 0 Å². The van der Waals surface area contributed by atoms with E-state index < -0.39 is 11.5 Å². The zero-order chi connectivity index (χ0) is 16.0. The lowest BCUT2D eigenvalue weighted by Gasteiger charge is -2.04. The summed E-state index contributed by atoms with van der Waals surface area (Å²) < 4.78 is 1.25. The molecule has 0 bridgehead atoms. The number of nitrogens with zero attached hydrogens (tertiary/aromatic N) is 2. The Morgan fingerprint density at radius 1 is 0.957 bits per heavy atom. The summed E-state index contributed by atoms with van der Waals surface area (Å²) in [6, 6.07) is 15.8. The Balaban J connectivity index is 2.04. The van der Waals surface area contributed by atoms with E-state index in [1.165, 1.54) is 4.68 Å². The summed E-state index contributed by atoms with van der Waals surface area (Å²) in [6.07, 6.45) is 0. The van der Waals surface area contributed by atoms with Crippen molar-refractivity contribution in [1.82, 2.24) is 9.78 Å². The quantitative estimate of drug-likeness (QED) is 0.710. The summed E-state index contributed by atoms with van der Waals surface area (Å²) in [5.74, 6) is -0.839. The van der Waals surface area contributed by atoms with E-state index in [1.54, 1.807) is 48.5 Å². The van der Waals surface area contributed by atoms with Gasteiger partial charge in [0.15, 0.2) is 0 Å². The largest absolute Gasteiger partial charge is 0.493 e. The van der Waals surface area contributed by atoms with Crippen molar-refractivity contribution in [3.8, 4) is 11.6 Å². The molecule has 1 amide bonds. The smallest absolute Gasteiger partial charge is 0.279 e. The molecule has 2 N–H and O–H groups in total. The van der Waals surface area contributed by atoms with Crippen LogP contribution in [0.4, 0.5) is 0 Å². The average Bonchev–Trinajstić information content (AvgIpc) is 3.04. The molecular formula is C17H11N3O3. The Hall–Kier alpha value is -3.41. The number of hydrogen-bond acceptors (Lipinski definition) is 3. The number of aromatic nitrogens is 2. The van der Waals surface area contributed by atoms with Crippen LogP contribution in [-0.2, 0) is 4.79 Å². The molecule has 1 aromatic heterocycles. The van der Waals surface area contributed by atoms with E-state index in [0.29, 0.717) is 16.3 Å². The van der Waals surface area contributed by atoms with Crippen LogP contribution in [-0.4, -0.2) is 20.8 Å². The standard InChI is InChI=1S/C17H11N3O3/c21-15-13(11-8-4-5-9-12(11)18-15)14-16(22)19-20(17(14)23)10-6-2-1-3-7-10/h1-9,23H,(H,19,22). The highest BCUT2D eigenvalue weighted by Gasteiger charge is 2.27. The van der Waals surface area contributed by atoms with Gasteiger partial charge in [0.1, 0.15) is 5.56 Å². The molecule has 6 nitrogen and oxygen atoms in total. The molecule has 1 aliphatic heterocycles. The van der Waals surface area contributed by atoms with Gasteiger partial charge in [0.2, 0.25) is 5.88 Å². The van der Waals surface area contributed by atoms with Crippen molar-refractivity contribution in [1.29, 1.82) is 0 Å². The minimum Gasteiger partial charge on any atom is -0.493 e. The third kappa shape index (κ3) is 1.92. The van der Waals surface area contributed by atoms with Gasteiger partial charge >= 0.3 is 0 Å². The highest BCUT2D eigenvalue weighted by atomic mass is 16.3. The van der Waals surface area contributed by atoms with Crippen LogP contribution in [0.1, 0.15) is 5.56 Å². The first-order valence-electron chi connectivity index (χ1n) is 6.99. The van der Waals surface area contributed by atoms with Gasteiger partial charge in [-0.3, -0.25) is 14.7 Å². The van der Waals surface area contributed by atoms with Crippen LogP contribution >= 0.6 is 0 Å². The molecule has 112 valence electrons. The number of H-pyrrole nitrogens is 1. The molecule has 0 atom stereocenters. The monoisotopic (exact) mass is 305 g/mol. The van der Waals surface area contributed by atoms with E-state index in [4.69, 9.17) is 0 Å². The van der Waals surface area contributed by atoms with Crippen LogP contribution in [0.2, 0.25) is 0 Å². The van der Waals surface area contributed by atoms with E-state index in [2.05, 4.69) is 10.1 Å². The van der Waals surface area contributed by atoms with Gasteiger partial charge in [0, 0.05) is 5.22 Å². The molecule has 0 spiro atoms. The molecule has 0 unspecified atom stereocenters. The number of carbonyl (C=O) groups is 1. The van der Waals surface area contributed by atoms with Crippen molar-refractivity contribution in [2.75, 3.05) is 0 Å². The predicted molar refractivity (Wildman–Crippen MR) is 82.8 cm³/mol. The van der Waals surface area contributed by atoms with Crippen LogP contribution < -0.4 is 16.1 Å². The van der Waals surface area contributed by atoms with Gasteiger partial charge in [-0.05, 0) is 18.2 Å². The Labute approximate surface area is 129 Å². The fraction of sp³-hybridized carbons (Fsp3) is 0. The summed E-state index contributed by atoms with van der Waals surface area (Å²) in [4.78, 5) is 28.5. The fourth-order valence-corrected chi connectivity index (χ4v) is 2.72.